The summed E-state index contributed by atoms with van der Waals surface area (Å²) in [5, 5.41) is 28.6. The fourth-order valence-electron chi connectivity index (χ4n) is 2.63. The Morgan fingerprint density at radius 2 is 1.46 bits per heavy atom. The molecule has 0 spiro atoms. The van der Waals surface area contributed by atoms with Gasteiger partial charge in [-0.1, -0.05) is 69.9 Å². The highest BCUT2D eigenvalue weighted by molar-refractivity contribution is 5.93. The van der Waals surface area contributed by atoms with Crippen molar-refractivity contribution >= 4 is 11.8 Å². The Bertz CT molecular complexity index is 507. The van der Waals surface area contributed by atoms with Gasteiger partial charge >= 0.3 is 5.97 Å². The zero-order chi connectivity index (χ0) is 21.2. The van der Waals surface area contributed by atoms with Gasteiger partial charge in [0.2, 0.25) is 0 Å². The SMILES string of the molecule is CCCCC/C=C\C/C=C\C/C=C\C(=O)C(O)C(O)CCCCC(C)C(=O)O. The third kappa shape index (κ3) is 14.4. The van der Waals surface area contributed by atoms with E-state index in [0.29, 0.717) is 25.7 Å². The van der Waals surface area contributed by atoms with Gasteiger partial charge in [0.1, 0.15) is 6.10 Å². The third-order valence-electron chi connectivity index (χ3n) is 4.60. The number of ketones is 1. The van der Waals surface area contributed by atoms with Crippen molar-refractivity contribution in [3.8, 4) is 0 Å². The normalized spacial score (nSPS) is 15.4. The Kier molecular flexibility index (Phi) is 16.3. The number of aliphatic hydroxyl groups is 2. The molecule has 5 nitrogen and oxygen atoms in total. The van der Waals surface area contributed by atoms with Gasteiger partial charge in [-0.15, -0.1) is 0 Å². The minimum absolute atomic E-state index is 0.275. The lowest BCUT2D eigenvalue weighted by molar-refractivity contribution is -0.141. The van der Waals surface area contributed by atoms with Crippen LogP contribution in [0.1, 0.15) is 78.1 Å². The van der Waals surface area contributed by atoms with Crippen molar-refractivity contribution in [2.75, 3.05) is 0 Å². The molecule has 0 heterocycles. The molecular formula is C23H38O5. The number of carboxylic acids is 1. The van der Waals surface area contributed by atoms with Gasteiger partial charge in [0.15, 0.2) is 5.78 Å². The number of unbranched alkanes of at least 4 members (excludes halogenated alkanes) is 4. The second kappa shape index (κ2) is 17.4. The maximum atomic E-state index is 11.9. The summed E-state index contributed by atoms with van der Waals surface area (Å²) < 4.78 is 0. The van der Waals surface area contributed by atoms with Crippen LogP contribution in [0.4, 0.5) is 0 Å². The average molecular weight is 395 g/mol. The monoisotopic (exact) mass is 394 g/mol. The van der Waals surface area contributed by atoms with Gasteiger partial charge in [-0.25, -0.2) is 0 Å². The molecule has 160 valence electrons. The summed E-state index contributed by atoms with van der Waals surface area (Å²) in [6.45, 7) is 3.83. The maximum Gasteiger partial charge on any atom is 0.306 e. The van der Waals surface area contributed by atoms with Gasteiger partial charge in [-0.2, -0.15) is 0 Å². The summed E-state index contributed by atoms with van der Waals surface area (Å²) in [6.07, 6.45) is 17.1. The number of hydrogen-bond donors (Lipinski definition) is 3. The summed E-state index contributed by atoms with van der Waals surface area (Å²) in [7, 11) is 0. The number of carbonyl (C=O) groups excluding carboxylic acids is 1. The molecule has 0 aromatic carbocycles. The van der Waals surface area contributed by atoms with Crippen molar-refractivity contribution in [3.05, 3.63) is 36.5 Å². The van der Waals surface area contributed by atoms with E-state index in [9.17, 15) is 19.8 Å². The van der Waals surface area contributed by atoms with E-state index in [4.69, 9.17) is 5.11 Å². The summed E-state index contributed by atoms with van der Waals surface area (Å²) in [5.41, 5.74) is 0. The molecule has 0 amide bonds. The van der Waals surface area contributed by atoms with Crippen LogP contribution < -0.4 is 0 Å². The zero-order valence-corrected chi connectivity index (χ0v) is 17.4. The minimum atomic E-state index is -1.43. The van der Waals surface area contributed by atoms with Gasteiger partial charge in [-0.05, 0) is 44.6 Å². The molecule has 0 fully saturated rings. The largest absolute Gasteiger partial charge is 0.481 e. The molecule has 5 heteroatoms. The zero-order valence-electron chi connectivity index (χ0n) is 17.4. The van der Waals surface area contributed by atoms with Crippen molar-refractivity contribution in [3.63, 3.8) is 0 Å². The molecule has 0 aliphatic heterocycles. The molecule has 0 aromatic rings. The summed E-state index contributed by atoms with van der Waals surface area (Å²) in [4.78, 5) is 22.6. The van der Waals surface area contributed by atoms with E-state index in [0.717, 1.165) is 12.8 Å². The molecule has 3 unspecified atom stereocenters. The molecule has 3 N–H and O–H groups in total. The Hall–Kier alpha value is -1.72. The Morgan fingerprint density at radius 3 is 2.11 bits per heavy atom. The van der Waals surface area contributed by atoms with Crippen LogP contribution in [0, 0.1) is 5.92 Å². The smallest absolute Gasteiger partial charge is 0.306 e. The molecule has 0 rings (SSSR count). The highest BCUT2D eigenvalue weighted by Crippen LogP contribution is 2.13. The van der Waals surface area contributed by atoms with E-state index in [-0.39, 0.29) is 6.42 Å². The highest BCUT2D eigenvalue weighted by atomic mass is 16.4. The topological polar surface area (TPSA) is 94.8 Å². The van der Waals surface area contributed by atoms with Crippen molar-refractivity contribution in [2.45, 2.75) is 90.3 Å². The number of hydrogen-bond acceptors (Lipinski definition) is 4. The molecule has 0 aromatic heterocycles. The second-order valence-corrected chi connectivity index (χ2v) is 7.25. The molecule has 0 bridgehead atoms. The van der Waals surface area contributed by atoms with Crippen molar-refractivity contribution in [2.24, 2.45) is 5.92 Å². The Balaban J connectivity index is 3.93. The molecule has 3 atom stereocenters. The van der Waals surface area contributed by atoms with Crippen LogP contribution in [0.25, 0.3) is 0 Å². The lowest BCUT2D eigenvalue weighted by Crippen LogP contribution is -2.32. The van der Waals surface area contributed by atoms with E-state index in [1.165, 1.54) is 25.3 Å². The van der Waals surface area contributed by atoms with E-state index in [2.05, 4.69) is 19.1 Å². The van der Waals surface area contributed by atoms with Crippen molar-refractivity contribution in [1.29, 1.82) is 0 Å². The number of rotatable bonds is 17. The van der Waals surface area contributed by atoms with Crippen LogP contribution in [-0.4, -0.2) is 39.3 Å². The van der Waals surface area contributed by atoms with Crippen LogP contribution in [0.5, 0.6) is 0 Å². The maximum absolute atomic E-state index is 11.9. The summed E-state index contributed by atoms with van der Waals surface area (Å²) in [6, 6.07) is 0. The predicted octanol–water partition coefficient (Wildman–Crippen LogP) is 4.59. The third-order valence-corrected chi connectivity index (χ3v) is 4.60. The Labute approximate surface area is 169 Å². The van der Waals surface area contributed by atoms with Gasteiger partial charge in [0, 0.05) is 0 Å². The molecule has 28 heavy (non-hydrogen) atoms. The summed E-state index contributed by atoms with van der Waals surface area (Å²) >= 11 is 0. The average Bonchev–Trinajstić information content (AvgIpc) is 2.68. The first-order valence-electron chi connectivity index (χ1n) is 10.5. The van der Waals surface area contributed by atoms with Crippen molar-refractivity contribution < 1.29 is 24.9 Å². The number of carboxylic acid groups (broad SMARTS) is 1. The van der Waals surface area contributed by atoms with Crippen LogP contribution >= 0.6 is 0 Å². The molecular weight excluding hydrogens is 356 g/mol. The van der Waals surface area contributed by atoms with E-state index in [1.807, 2.05) is 12.2 Å². The van der Waals surface area contributed by atoms with Crippen LogP contribution in [-0.2, 0) is 9.59 Å². The van der Waals surface area contributed by atoms with Gasteiger partial charge in [0.25, 0.3) is 0 Å². The van der Waals surface area contributed by atoms with E-state index < -0.39 is 29.9 Å². The fraction of sp³-hybridized carbons (Fsp3) is 0.652. The predicted molar refractivity (Wildman–Crippen MR) is 113 cm³/mol. The number of allylic oxidation sites excluding steroid dienone is 5. The number of carbonyl (C=O) groups is 2. The van der Waals surface area contributed by atoms with Gasteiger partial charge in [0.05, 0.1) is 12.0 Å². The lowest BCUT2D eigenvalue weighted by atomic mass is 9.99. The standard InChI is InChI=1S/C23H38O5/c1-3-4-5-6-7-8-9-10-11-12-13-17-20(24)22(26)21(25)18-15-14-16-19(2)23(27)28/h7-8,10-11,13,17,19,21-22,25-26H,3-6,9,12,14-16,18H2,1-2H3,(H,27,28)/b8-7-,11-10-,17-13-. The molecule has 0 aliphatic rings. The van der Waals surface area contributed by atoms with Crippen LogP contribution in [0.15, 0.2) is 36.5 Å². The number of aliphatic hydroxyl groups excluding tert-OH is 2. The van der Waals surface area contributed by atoms with Gasteiger partial charge < -0.3 is 15.3 Å². The van der Waals surface area contributed by atoms with E-state index >= 15 is 0 Å². The first-order valence-corrected chi connectivity index (χ1v) is 10.5. The molecule has 0 radical (unpaired) electrons. The van der Waals surface area contributed by atoms with E-state index in [1.54, 1.807) is 13.0 Å². The molecule has 0 saturated heterocycles. The fourth-order valence-corrected chi connectivity index (χ4v) is 2.63. The van der Waals surface area contributed by atoms with Crippen LogP contribution in [0.2, 0.25) is 0 Å². The second-order valence-electron chi connectivity index (χ2n) is 7.25. The highest BCUT2D eigenvalue weighted by Gasteiger charge is 2.21. The summed E-state index contributed by atoms with van der Waals surface area (Å²) in [5.74, 6) is -1.76. The van der Waals surface area contributed by atoms with Gasteiger partial charge in [-0.3, -0.25) is 9.59 Å². The minimum Gasteiger partial charge on any atom is -0.481 e. The first-order chi connectivity index (χ1) is 13.4. The van der Waals surface area contributed by atoms with Crippen LogP contribution in [0.3, 0.4) is 0 Å². The number of aliphatic carboxylic acids is 1. The Morgan fingerprint density at radius 1 is 0.857 bits per heavy atom. The first kappa shape index (κ1) is 26.3. The quantitative estimate of drug-likeness (QED) is 0.191. The molecule has 0 aliphatic carbocycles. The molecule has 0 saturated carbocycles. The van der Waals surface area contributed by atoms with Crippen molar-refractivity contribution in [1.82, 2.24) is 0 Å². The lowest BCUT2D eigenvalue weighted by Gasteiger charge is -2.15.